The molecule has 1 atom stereocenters. The van der Waals surface area contributed by atoms with Crippen molar-refractivity contribution < 1.29 is 4.79 Å². The molecular weight excluding hydrogens is 280 g/mol. The van der Waals surface area contributed by atoms with Crippen molar-refractivity contribution in [3.8, 4) is 0 Å². The summed E-state index contributed by atoms with van der Waals surface area (Å²) >= 11 is 0. The number of benzene rings is 2. The first-order chi connectivity index (χ1) is 10.8. The average Bonchev–Trinajstić information content (AvgIpc) is 2.99. The van der Waals surface area contributed by atoms with Crippen molar-refractivity contribution in [2.75, 3.05) is 0 Å². The molecule has 0 aliphatic carbocycles. The van der Waals surface area contributed by atoms with Crippen LogP contribution in [0.2, 0.25) is 0 Å². The smallest absolute Gasteiger partial charge is 0.258 e. The topological polar surface area (TPSA) is 96.5 Å². The van der Waals surface area contributed by atoms with Crippen LogP contribution in [-0.4, -0.2) is 26.9 Å². The summed E-state index contributed by atoms with van der Waals surface area (Å²) in [5, 5.41) is 11.4. The number of fused-ring (bicyclic) bond motifs is 1. The number of hydrogen-bond donors (Lipinski definition) is 0. The summed E-state index contributed by atoms with van der Waals surface area (Å²) in [6.07, 6.45) is 0.317. The van der Waals surface area contributed by atoms with E-state index in [1.165, 1.54) is 4.68 Å². The first-order valence-electron chi connectivity index (χ1n) is 6.72. The van der Waals surface area contributed by atoms with Gasteiger partial charge in [0.25, 0.3) is 5.91 Å². The minimum atomic E-state index is -0.863. The van der Waals surface area contributed by atoms with Crippen molar-refractivity contribution in [1.82, 2.24) is 15.0 Å². The lowest BCUT2D eigenvalue weighted by atomic mass is 10.1. The van der Waals surface area contributed by atoms with E-state index in [1.54, 1.807) is 18.2 Å². The Morgan fingerprint density at radius 1 is 1.18 bits per heavy atom. The lowest BCUT2D eigenvalue weighted by molar-refractivity contribution is 0.0866. The molecule has 0 aliphatic rings. The van der Waals surface area contributed by atoms with E-state index in [0.29, 0.717) is 17.5 Å². The molecule has 0 amide bonds. The molecule has 0 saturated carbocycles. The summed E-state index contributed by atoms with van der Waals surface area (Å²) in [7, 11) is 0. The number of azide groups is 1. The van der Waals surface area contributed by atoms with E-state index in [0.717, 1.165) is 5.56 Å². The molecule has 0 bridgehead atoms. The SMILES string of the molecule is [N-]=[N+]=N[C@@H](Cc1ccccc1)C(=O)n1nnc2ccccc21. The first-order valence-corrected chi connectivity index (χ1v) is 6.72. The zero-order valence-electron chi connectivity index (χ0n) is 11.6. The Labute approximate surface area is 125 Å². The van der Waals surface area contributed by atoms with Crippen LogP contribution in [-0.2, 0) is 6.42 Å². The van der Waals surface area contributed by atoms with Crippen LogP contribution in [0.4, 0.5) is 0 Å². The zero-order valence-corrected chi connectivity index (χ0v) is 11.6. The van der Waals surface area contributed by atoms with Gasteiger partial charge in [0, 0.05) is 4.91 Å². The maximum atomic E-state index is 12.6. The lowest BCUT2D eigenvalue weighted by Gasteiger charge is -2.10. The molecule has 3 aromatic rings. The van der Waals surface area contributed by atoms with Gasteiger partial charge >= 0.3 is 0 Å². The zero-order chi connectivity index (χ0) is 15.4. The lowest BCUT2D eigenvalue weighted by Crippen LogP contribution is -2.27. The maximum absolute atomic E-state index is 12.6. The Morgan fingerprint density at radius 3 is 2.68 bits per heavy atom. The summed E-state index contributed by atoms with van der Waals surface area (Å²) in [6.45, 7) is 0. The van der Waals surface area contributed by atoms with Gasteiger partial charge in [-0.15, -0.1) is 5.10 Å². The second kappa shape index (κ2) is 6.07. The highest BCUT2D eigenvalue weighted by atomic mass is 16.2. The highest BCUT2D eigenvalue weighted by molar-refractivity contribution is 5.92. The standard InChI is InChI=1S/C15H12N6O/c16-19-17-13(10-11-6-2-1-3-7-11)15(22)21-14-9-5-4-8-12(14)18-20-21/h1-9,13H,10H2/t13-/m0/s1. The highest BCUT2D eigenvalue weighted by Gasteiger charge is 2.22. The number of aromatic nitrogens is 3. The molecule has 108 valence electrons. The summed E-state index contributed by atoms with van der Waals surface area (Å²) in [5.41, 5.74) is 10.9. The number of carbonyl (C=O) groups is 1. The van der Waals surface area contributed by atoms with E-state index >= 15 is 0 Å². The Bertz CT molecular complexity index is 851. The Kier molecular flexibility index (Phi) is 3.80. The maximum Gasteiger partial charge on any atom is 0.258 e. The molecule has 0 N–H and O–H groups in total. The Hall–Kier alpha value is -3.18. The molecule has 1 aromatic heterocycles. The minimum absolute atomic E-state index is 0.317. The van der Waals surface area contributed by atoms with Crippen LogP contribution >= 0.6 is 0 Å². The summed E-state index contributed by atoms with van der Waals surface area (Å²) < 4.78 is 1.19. The largest absolute Gasteiger partial charge is 0.272 e. The molecule has 0 aliphatic heterocycles. The van der Waals surface area contributed by atoms with Gasteiger partial charge in [0.1, 0.15) is 11.6 Å². The third-order valence-electron chi connectivity index (χ3n) is 3.31. The van der Waals surface area contributed by atoms with Crippen molar-refractivity contribution in [3.05, 3.63) is 70.6 Å². The van der Waals surface area contributed by atoms with Gasteiger partial charge in [0.2, 0.25) is 0 Å². The van der Waals surface area contributed by atoms with Crippen LogP contribution in [0.1, 0.15) is 10.4 Å². The van der Waals surface area contributed by atoms with Gasteiger partial charge in [0.05, 0.1) is 5.52 Å². The van der Waals surface area contributed by atoms with Crippen LogP contribution in [0.25, 0.3) is 21.5 Å². The monoisotopic (exact) mass is 292 g/mol. The molecule has 2 aromatic carbocycles. The Morgan fingerprint density at radius 2 is 1.91 bits per heavy atom. The third-order valence-corrected chi connectivity index (χ3v) is 3.31. The van der Waals surface area contributed by atoms with E-state index < -0.39 is 11.9 Å². The molecule has 0 radical (unpaired) electrons. The van der Waals surface area contributed by atoms with E-state index in [1.807, 2.05) is 36.4 Å². The summed E-state index contributed by atoms with van der Waals surface area (Å²) in [5.74, 6) is -0.393. The molecule has 0 unspecified atom stereocenters. The molecule has 1 heterocycles. The second-order valence-corrected chi connectivity index (χ2v) is 4.74. The molecule has 3 rings (SSSR count). The summed E-state index contributed by atoms with van der Waals surface area (Å²) in [4.78, 5) is 15.4. The highest BCUT2D eigenvalue weighted by Crippen LogP contribution is 2.13. The fourth-order valence-electron chi connectivity index (χ4n) is 2.25. The van der Waals surface area contributed by atoms with Crippen LogP contribution < -0.4 is 0 Å². The fourth-order valence-corrected chi connectivity index (χ4v) is 2.25. The van der Waals surface area contributed by atoms with Crippen LogP contribution in [0.3, 0.4) is 0 Å². The molecule has 0 spiro atoms. The number of rotatable bonds is 4. The van der Waals surface area contributed by atoms with Crippen LogP contribution in [0.5, 0.6) is 0 Å². The first kappa shape index (κ1) is 13.8. The van der Waals surface area contributed by atoms with Gasteiger partial charge in [-0.1, -0.05) is 52.8 Å². The van der Waals surface area contributed by atoms with Gasteiger partial charge in [-0.2, -0.15) is 4.68 Å². The van der Waals surface area contributed by atoms with E-state index in [2.05, 4.69) is 20.3 Å². The van der Waals surface area contributed by atoms with Crippen molar-refractivity contribution in [3.63, 3.8) is 0 Å². The van der Waals surface area contributed by atoms with E-state index in [9.17, 15) is 4.79 Å². The van der Waals surface area contributed by atoms with Crippen molar-refractivity contribution in [2.24, 2.45) is 5.11 Å². The van der Waals surface area contributed by atoms with Crippen molar-refractivity contribution in [2.45, 2.75) is 12.5 Å². The van der Waals surface area contributed by atoms with Gasteiger partial charge in [-0.3, -0.25) is 4.79 Å². The third kappa shape index (κ3) is 2.65. The van der Waals surface area contributed by atoms with Gasteiger partial charge < -0.3 is 0 Å². The van der Waals surface area contributed by atoms with E-state index in [-0.39, 0.29) is 0 Å². The number of para-hydroxylation sites is 1. The molecular formula is C15H12N6O. The Balaban J connectivity index is 1.94. The van der Waals surface area contributed by atoms with Crippen LogP contribution in [0.15, 0.2) is 59.7 Å². The van der Waals surface area contributed by atoms with Crippen molar-refractivity contribution in [1.29, 1.82) is 0 Å². The molecule has 7 heteroatoms. The quantitative estimate of drug-likeness (QED) is 0.420. The normalized spacial score (nSPS) is 11.8. The number of nitrogens with zero attached hydrogens (tertiary/aromatic N) is 6. The fraction of sp³-hybridized carbons (Fsp3) is 0.133. The molecule has 7 nitrogen and oxygen atoms in total. The summed E-state index contributed by atoms with van der Waals surface area (Å²) in [6, 6.07) is 15.7. The number of hydrogen-bond acceptors (Lipinski definition) is 4. The molecule has 22 heavy (non-hydrogen) atoms. The molecule has 0 saturated heterocycles. The minimum Gasteiger partial charge on any atom is -0.272 e. The molecule has 0 fully saturated rings. The second-order valence-electron chi connectivity index (χ2n) is 4.74. The van der Waals surface area contributed by atoms with E-state index in [4.69, 9.17) is 5.53 Å². The van der Waals surface area contributed by atoms with Crippen LogP contribution in [0, 0.1) is 0 Å². The predicted molar refractivity (Wildman–Crippen MR) is 81.2 cm³/mol. The van der Waals surface area contributed by atoms with Gasteiger partial charge in [-0.05, 0) is 29.6 Å². The average molecular weight is 292 g/mol. The van der Waals surface area contributed by atoms with Gasteiger partial charge in [-0.25, -0.2) is 0 Å². The van der Waals surface area contributed by atoms with Crippen molar-refractivity contribution >= 4 is 16.9 Å². The predicted octanol–water partition coefficient (Wildman–Crippen LogP) is 2.99. The number of carbonyl (C=O) groups excluding carboxylic acids is 1. The van der Waals surface area contributed by atoms with Gasteiger partial charge in [0.15, 0.2) is 0 Å².